The second-order valence-electron chi connectivity index (χ2n) is 4.59. The van der Waals surface area contributed by atoms with Gasteiger partial charge in [0.25, 0.3) is 0 Å². The zero-order valence-electron chi connectivity index (χ0n) is 11.9. The fourth-order valence-electron chi connectivity index (χ4n) is 1.83. The number of carbonyl (C=O) groups is 1. The van der Waals surface area contributed by atoms with Crippen molar-refractivity contribution in [2.45, 2.75) is 6.54 Å². The van der Waals surface area contributed by atoms with Crippen LogP contribution in [0.25, 0.3) is 11.3 Å². The minimum Gasteiger partial charge on any atom is -0.390 e. The molecule has 0 spiro atoms. The molecule has 3 aromatic rings. The topological polar surface area (TPSA) is 116 Å². The summed E-state index contributed by atoms with van der Waals surface area (Å²) in [6.07, 6.45) is 1.10. The van der Waals surface area contributed by atoms with Gasteiger partial charge < -0.3 is 15.4 Å². The van der Waals surface area contributed by atoms with Crippen molar-refractivity contribution in [2.24, 2.45) is 0 Å². The first kappa shape index (κ1) is 15.7. The van der Waals surface area contributed by atoms with Crippen LogP contribution in [0.2, 0.25) is 0 Å². The molecule has 0 atom stereocenters. The number of aromatic nitrogens is 4. The number of amides is 1. The normalized spacial score (nSPS) is 10.5. The molecule has 1 amide bonds. The van der Waals surface area contributed by atoms with Gasteiger partial charge in [0.15, 0.2) is 5.13 Å². The summed E-state index contributed by atoms with van der Waals surface area (Å²) in [6, 6.07) is 5.82. The summed E-state index contributed by atoms with van der Waals surface area (Å²) in [5.74, 6) is -1.37. The van der Waals surface area contributed by atoms with Crippen LogP contribution in [0.3, 0.4) is 0 Å². The van der Waals surface area contributed by atoms with Crippen LogP contribution in [0.1, 0.15) is 0 Å². The van der Waals surface area contributed by atoms with E-state index >= 15 is 0 Å². The molecule has 0 radical (unpaired) electrons. The van der Waals surface area contributed by atoms with Crippen molar-refractivity contribution in [2.75, 3.05) is 5.32 Å². The molecule has 1 aromatic carbocycles. The van der Waals surface area contributed by atoms with Gasteiger partial charge in [0.1, 0.15) is 12.4 Å². The van der Waals surface area contributed by atoms with E-state index in [9.17, 15) is 19.3 Å². The number of hydrogen-bond donors (Lipinski definition) is 1. The van der Waals surface area contributed by atoms with Crippen LogP contribution in [-0.4, -0.2) is 30.6 Å². The van der Waals surface area contributed by atoms with Gasteiger partial charge in [0.2, 0.25) is 12.2 Å². The highest BCUT2D eigenvalue weighted by atomic mass is 32.1. The van der Waals surface area contributed by atoms with Gasteiger partial charge in [-0.1, -0.05) is 4.98 Å². The zero-order chi connectivity index (χ0) is 17.1. The summed E-state index contributed by atoms with van der Waals surface area (Å²) in [4.78, 5) is 29.3. The molecule has 0 saturated carbocycles. The van der Waals surface area contributed by atoms with Crippen LogP contribution < -0.4 is 5.32 Å². The smallest absolute Gasteiger partial charge is 0.390 e. The van der Waals surface area contributed by atoms with Crippen molar-refractivity contribution in [3.8, 4) is 11.3 Å². The molecule has 1 N–H and O–H groups in total. The number of anilines is 1. The molecule has 2 aromatic heterocycles. The lowest BCUT2D eigenvalue weighted by Crippen LogP contribution is -2.19. The SMILES string of the molecule is O=C(Cn1cnc([N+](=O)[O-])n1)Nc1nc(-c2ccc(F)cc2)cs1. The Morgan fingerprint density at radius 3 is 2.79 bits per heavy atom. The summed E-state index contributed by atoms with van der Waals surface area (Å²) in [6.45, 7) is -0.230. The molecular weight excluding hydrogens is 339 g/mol. The van der Waals surface area contributed by atoms with E-state index < -0.39 is 16.8 Å². The molecule has 2 heterocycles. The zero-order valence-corrected chi connectivity index (χ0v) is 12.7. The number of halogens is 1. The highest BCUT2D eigenvalue weighted by Gasteiger charge is 2.16. The number of hydrogen-bond acceptors (Lipinski definition) is 7. The number of carbonyl (C=O) groups excluding carboxylic acids is 1. The second kappa shape index (κ2) is 6.50. The number of thiazole rings is 1. The van der Waals surface area contributed by atoms with Crippen LogP contribution in [0.4, 0.5) is 15.5 Å². The quantitative estimate of drug-likeness (QED) is 0.557. The van der Waals surface area contributed by atoms with E-state index in [1.165, 1.54) is 23.5 Å². The fraction of sp³-hybridized carbons (Fsp3) is 0.0769. The van der Waals surface area contributed by atoms with Crippen molar-refractivity contribution < 1.29 is 14.1 Å². The highest BCUT2D eigenvalue weighted by Crippen LogP contribution is 2.25. The lowest BCUT2D eigenvalue weighted by molar-refractivity contribution is -0.394. The van der Waals surface area contributed by atoms with E-state index in [0.29, 0.717) is 10.8 Å². The maximum atomic E-state index is 12.9. The summed E-state index contributed by atoms with van der Waals surface area (Å²) >= 11 is 1.21. The Balaban J connectivity index is 1.64. The standard InChI is InChI=1S/C13H9FN6O3S/c14-9-3-1-8(2-4-9)10-6-24-13(16-10)17-11(21)5-19-7-15-12(18-19)20(22)23/h1-4,6-7H,5H2,(H,16,17,21). The van der Waals surface area contributed by atoms with E-state index in [4.69, 9.17) is 0 Å². The van der Waals surface area contributed by atoms with E-state index in [1.807, 2.05) is 0 Å². The molecule has 3 rings (SSSR count). The number of nitrogens with one attached hydrogen (secondary N) is 1. The predicted octanol–water partition coefficient (Wildman–Crippen LogP) is 2.09. The van der Waals surface area contributed by atoms with E-state index in [-0.39, 0.29) is 12.4 Å². The Kier molecular flexibility index (Phi) is 4.24. The number of nitro groups is 1. The number of nitrogens with zero attached hydrogens (tertiary/aromatic N) is 5. The maximum Gasteiger partial charge on any atom is 0.490 e. The molecule has 11 heteroatoms. The number of benzene rings is 1. The molecule has 122 valence electrons. The molecule has 0 fully saturated rings. The Bertz CT molecular complexity index is 891. The molecular formula is C13H9FN6O3S. The van der Waals surface area contributed by atoms with Crippen molar-refractivity contribution in [1.82, 2.24) is 19.7 Å². The number of rotatable bonds is 5. The van der Waals surface area contributed by atoms with Crippen LogP contribution >= 0.6 is 11.3 Å². The Morgan fingerprint density at radius 1 is 1.38 bits per heavy atom. The largest absolute Gasteiger partial charge is 0.490 e. The third kappa shape index (κ3) is 3.57. The molecule has 0 aliphatic carbocycles. The monoisotopic (exact) mass is 348 g/mol. The summed E-state index contributed by atoms with van der Waals surface area (Å²) in [5.41, 5.74) is 1.33. The van der Waals surface area contributed by atoms with Crippen molar-refractivity contribution in [3.63, 3.8) is 0 Å². The lowest BCUT2D eigenvalue weighted by atomic mass is 10.2. The van der Waals surface area contributed by atoms with E-state index in [1.54, 1.807) is 17.5 Å². The third-order valence-electron chi connectivity index (χ3n) is 2.88. The second-order valence-corrected chi connectivity index (χ2v) is 5.45. The maximum absolute atomic E-state index is 12.9. The fourth-order valence-corrected chi connectivity index (χ4v) is 2.57. The lowest BCUT2D eigenvalue weighted by Gasteiger charge is -1.99. The van der Waals surface area contributed by atoms with Gasteiger partial charge in [-0.25, -0.2) is 9.37 Å². The van der Waals surface area contributed by atoms with Gasteiger partial charge in [0.05, 0.1) is 5.69 Å². The van der Waals surface area contributed by atoms with Gasteiger partial charge in [-0.2, -0.15) is 4.68 Å². The average Bonchev–Trinajstić information content (AvgIpc) is 3.17. The van der Waals surface area contributed by atoms with Crippen molar-refractivity contribution in [3.05, 3.63) is 51.9 Å². The summed E-state index contributed by atoms with van der Waals surface area (Å²) in [5, 5.41) is 18.7. The van der Waals surface area contributed by atoms with E-state index in [0.717, 1.165) is 16.6 Å². The molecule has 0 bridgehead atoms. The molecule has 0 saturated heterocycles. The predicted molar refractivity (Wildman–Crippen MR) is 82.8 cm³/mol. The third-order valence-corrected chi connectivity index (χ3v) is 3.64. The van der Waals surface area contributed by atoms with E-state index in [2.05, 4.69) is 20.4 Å². The first-order valence-corrected chi connectivity index (χ1v) is 7.44. The minimum atomic E-state index is -0.746. The Morgan fingerprint density at radius 2 is 2.12 bits per heavy atom. The van der Waals surface area contributed by atoms with Crippen LogP contribution in [-0.2, 0) is 11.3 Å². The molecule has 0 aliphatic heterocycles. The first-order chi connectivity index (χ1) is 11.5. The highest BCUT2D eigenvalue weighted by molar-refractivity contribution is 7.14. The molecule has 0 unspecified atom stereocenters. The van der Waals surface area contributed by atoms with Gasteiger partial charge in [-0.05, 0) is 29.2 Å². The van der Waals surface area contributed by atoms with Crippen molar-refractivity contribution in [1.29, 1.82) is 0 Å². The van der Waals surface area contributed by atoms with Crippen LogP contribution in [0.5, 0.6) is 0 Å². The van der Waals surface area contributed by atoms with Gasteiger partial charge >= 0.3 is 5.95 Å². The Labute approximate surface area is 137 Å². The van der Waals surface area contributed by atoms with Gasteiger partial charge in [-0.3, -0.25) is 4.79 Å². The van der Waals surface area contributed by atoms with Gasteiger partial charge in [0, 0.05) is 16.0 Å². The first-order valence-electron chi connectivity index (χ1n) is 6.56. The minimum absolute atomic E-state index is 0.230. The molecule has 24 heavy (non-hydrogen) atoms. The van der Waals surface area contributed by atoms with Gasteiger partial charge in [-0.15, -0.1) is 11.3 Å². The summed E-state index contributed by atoms with van der Waals surface area (Å²) in [7, 11) is 0. The van der Waals surface area contributed by atoms with Crippen molar-refractivity contribution >= 4 is 28.3 Å². The average molecular weight is 348 g/mol. The Hall–Kier alpha value is -3.21. The summed E-state index contributed by atoms with van der Waals surface area (Å²) < 4.78 is 14.0. The van der Waals surface area contributed by atoms with Crippen LogP contribution in [0.15, 0.2) is 36.0 Å². The molecule has 9 nitrogen and oxygen atoms in total. The van der Waals surface area contributed by atoms with Crippen LogP contribution in [0, 0.1) is 15.9 Å². The molecule has 0 aliphatic rings.